The van der Waals surface area contributed by atoms with E-state index < -0.39 is 6.10 Å². The number of ketones is 1. The second-order valence-electron chi connectivity index (χ2n) is 5.60. The molecule has 0 fully saturated rings. The van der Waals surface area contributed by atoms with Gasteiger partial charge in [-0.3, -0.25) is 4.79 Å². The van der Waals surface area contributed by atoms with Gasteiger partial charge in [0.25, 0.3) is 0 Å². The second kappa shape index (κ2) is 8.22. The molecule has 0 radical (unpaired) electrons. The fourth-order valence-electron chi connectivity index (χ4n) is 2.27. The van der Waals surface area contributed by atoms with E-state index in [1.807, 2.05) is 42.5 Å². The molecule has 2 N–H and O–H groups in total. The number of Topliss-reactive ketones (excluding diaryl/α,β-unsaturated/α-hetero) is 1. The average molecular weight is 317 g/mol. The first-order valence-electron chi connectivity index (χ1n) is 7.62. The van der Waals surface area contributed by atoms with Crippen molar-refractivity contribution in [2.45, 2.75) is 38.8 Å². The van der Waals surface area contributed by atoms with Crippen LogP contribution in [0.15, 0.2) is 42.5 Å². The van der Waals surface area contributed by atoms with Crippen LogP contribution in [0.25, 0.3) is 0 Å². The van der Waals surface area contributed by atoms with Gasteiger partial charge in [0.2, 0.25) is 0 Å². The van der Waals surface area contributed by atoms with Gasteiger partial charge in [-0.15, -0.1) is 11.3 Å². The summed E-state index contributed by atoms with van der Waals surface area (Å²) < 4.78 is 0. The van der Waals surface area contributed by atoms with E-state index in [-0.39, 0.29) is 5.78 Å². The van der Waals surface area contributed by atoms with Crippen molar-refractivity contribution in [1.29, 1.82) is 0 Å². The summed E-state index contributed by atoms with van der Waals surface area (Å²) in [4.78, 5) is 13.3. The average Bonchev–Trinajstić information content (AvgIpc) is 3.00. The highest BCUT2D eigenvalue weighted by atomic mass is 32.1. The van der Waals surface area contributed by atoms with Crippen molar-refractivity contribution in [2.75, 3.05) is 6.54 Å². The standard InChI is InChI=1S/C18H23NO2S/c1-13(8-9-16-10-11-18(22-16)14(2)20)19-12-17(21)15-6-4-3-5-7-15/h3-7,10-11,13,17,19,21H,8-9,12H2,1-2H3/t13-,17+/m0/s1. The van der Waals surface area contributed by atoms with Gasteiger partial charge in [0, 0.05) is 17.5 Å². The number of benzene rings is 1. The van der Waals surface area contributed by atoms with Crippen molar-refractivity contribution < 1.29 is 9.90 Å². The Labute approximate surface area is 136 Å². The van der Waals surface area contributed by atoms with Crippen LogP contribution in [0.5, 0.6) is 0 Å². The zero-order valence-electron chi connectivity index (χ0n) is 13.1. The third kappa shape index (κ3) is 5.05. The van der Waals surface area contributed by atoms with Gasteiger partial charge >= 0.3 is 0 Å². The monoisotopic (exact) mass is 317 g/mol. The lowest BCUT2D eigenvalue weighted by atomic mass is 10.1. The van der Waals surface area contributed by atoms with Crippen molar-refractivity contribution in [3.8, 4) is 0 Å². The lowest BCUT2D eigenvalue weighted by molar-refractivity contribution is 0.102. The first kappa shape index (κ1) is 16.9. The van der Waals surface area contributed by atoms with Crippen molar-refractivity contribution in [1.82, 2.24) is 5.32 Å². The number of aryl methyl sites for hydroxylation is 1. The first-order valence-corrected chi connectivity index (χ1v) is 8.44. The fourth-order valence-corrected chi connectivity index (χ4v) is 3.19. The number of thiophene rings is 1. The molecule has 0 unspecified atom stereocenters. The fraction of sp³-hybridized carbons (Fsp3) is 0.389. The lowest BCUT2D eigenvalue weighted by Crippen LogP contribution is -2.30. The van der Waals surface area contributed by atoms with E-state index in [9.17, 15) is 9.90 Å². The normalized spacial score (nSPS) is 13.8. The molecule has 1 aromatic heterocycles. The molecule has 0 amide bonds. The molecule has 2 rings (SSSR count). The van der Waals surface area contributed by atoms with Crippen LogP contribution in [-0.2, 0) is 6.42 Å². The summed E-state index contributed by atoms with van der Waals surface area (Å²) in [6, 6.07) is 13.9. The van der Waals surface area contributed by atoms with Crippen LogP contribution in [0.3, 0.4) is 0 Å². The number of aliphatic hydroxyl groups is 1. The zero-order chi connectivity index (χ0) is 15.9. The van der Waals surface area contributed by atoms with Crippen LogP contribution in [0.1, 0.15) is 46.5 Å². The Hall–Kier alpha value is -1.49. The summed E-state index contributed by atoms with van der Waals surface area (Å²) in [5.74, 6) is 0.133. The van der Waals surface area contributed by atoms with Gasteiger partial charge in [0.15, 0.2) is 5.78 Å². The summed E-state index contributed by atoms with van der Waals surface area (Å²) in [7, 11) is 0. The number of rotatable bonds is 8. The van der Waals surface area contributed by atoms with E-state index in [0.29, 0.717) is 12.6 Å². The third-order valence-electron chi connectivity index (χ3n) is 3.68. The predicted octanol–water partition coefficient (Wildman–Crippen LogP) is 3.60. The minimum absolute atomic E-state index is 0.133. The molecule has 0 aliphatic rings. The van der Waals surface area contributed by atoms with Crippen LogP contribution in [0.4, 0.5) is 0 Å². The molecule has 2 atom stereocenters. The summed E-state index contributed by atoms with van der Waals surface area (Å²) in [6.45, 7) is 4.27. The molecule has 118 valence electrons. The van der Waals surface area contributed by atoms with E-state index in [1.165, 1.54) is 4.88 Å². The van der Waals surface area contributed by atoms with Crippen LogP contribution in [-0.4, -0.2) is 23.5 Å². The van der Waals surface area contributed by atoms with E-state index in [4.69, 9.17) is 0 Å². The van der Waals surface area contributed by atoms with Gasteiger partial charge < -0.3 is 10.4 Å². The maximum atomic E-state index is 11.3. The summed E-state index contributed by atoms with van der Waals surface area (Å²) in [5.41, 5.74) is 0.937. The highest BCUT2D eigenvalue weighted by molar-refractivity contribution is 7.14. The highest BCUT2D eigenvalue weighted by Gasteiger charge is 2.10. The van der Waals surface area contributed by atoms with Gasteiger partial charge in [0.1, 0.15) is 0 Å². The van der Waals surface area contributed by atoms with Gasteiger partial charge in [0.05, 0.1) is 11.0 Å². The van der Waals surface area contributed by atoms with Crippen LogP contribution >= 0.6 is 11.3 Å². The number of hydrogen-bond acceptors (Lipinski definition) is 4. The smallest absolute Gasteiger partial charge is 0.169 e. The molecule has 3 nitrogen and oxygen atoms in total. The Morgan fingerprint density at radius 1 is 1.23 bits per heavy atom. The van der Waals surface area contributed by atoms with Gasteiger partial charge in [-0.05, 0) is 44.4 Å². The third-order valence-corrected chi connectivity index (χ3v) is 4.92. The Morgan fingerprint density at radius 2 is 1.95 bits per heavy atom. The molecule has 0 saturated carbocycles. The topological polar surface area (TPSA) is 49.3 Å². The number of carbonyl (C=O) groups excluding carboxylic acids is 1. The molecule has 0 bridgehead atoms. The minimum atomic E-state index is -0.477. The largest absolute Gasteiger partial charge is 0.387 e. The SMILES string of the molecule is CC(=O)c1ccc(CC[C@H](C)NC[C@@H](O)c2ccccc2)s1. The first-order chi connectivity index (χ1) is 10.6. The number of hydrogen-bond donors (Lipinski definition) is 2. The molecule has 0 aliphatic carbocycles. The van der Waals surface area contributed by atoms with Gasteiger partial charge in [-0.2, -0.15) is 0 Å². The van der Waals surface area contributed by atoms with Gasteiger partial charge in [-0.25, -0.2) is 0 Å². The summed E-state index contributed by atoms with van der Waals surface area (Å²) >= 11 is 1.58. The molecule has 2 aromatic rings. The Balaban J connectivity index is 1.73. The minimum Gasteiger partial charge on any atom is -0.387 e. The molecule has 1 heterocycles. The number of aliphatic hydroxyl groups excluding tert-OH is 1. The predicted molar refractivity (Wildman–Crippen MR) is 91.5 cm³/mol. The Kier molecular flexibility index (Phi) is 6.31. The molecule has 22 heavy (non-hydrogen) atoms. The summed E-state index contributed by atoms with van der Waals surface area (Å²) in [5, 5.41) is 13.5. The van der Waals surface area contributed by atoms with Crippen LogP contribution in [0, 0.1) is 0 Å². The Morgan fingerprint density at radius 3 is 2.59 bits per heavy atom. The van der Waals surface area contributed by atoms with E-state index >= 15 is 0 Å². The van der Waals surface area contributed by atoms with E-state index in [1.54, 1.807) is 18.3 Å². The molecule has 4 heteroatoms. The molecule has 0 spiro atoms. The molecule has 1 aromatic carbocycles. The lowest BCUT2D eigenvalue weighted by Gasteiger charge is -2.17. The van der Waals surface area contributed by atoms with E-state index in [2.05, 4.69) is 12.2 Å². The maximum absolute atomic E-state index is 11.3. The highest BCUT2D eigenvalue weighted by Crippen LogP contribution is 2.19. The van der Waals surface area contributed by atoms with Crippen molar-refractivity contribution in [3.05, 3.63) is 57.8 Å². The maximum Gasteiger partial charge on any atom is 0.169 e. The number of carbonyl (C=O) groups is 1. The molecular formula is C18H23NO2S. The Bertz CT molecular complexity index is 594. The summed E-state index contributed by atoms with van der Waals surface area (Å²) in [6.07, 6.45) is 1.46. The number of nitrogens with one attached hydrogen (secondary N) is 1. The van der Waals surface area contributed by atoms with E-state index in [0.717, 1.165) is 23.3 Å². The van der Waals surface area contributed by atoms with Crippen molar-refractivity contribution in [3.63, 3.8) is 0 Å². The molecular weight excluding hydrogens is 294 g/mol. The van der Waals surface area contributed by atoms with Crippen LogP contribution < -0.4 is 5.32 Å². The zero-order valence-corrected chi connectivity index (χ0v) is 13.9. The van der Waals surface area contributed by atoms with Crippen molar-refractivity contribution in [2.24, 2.45) is 0 Å². The van der Waals surface area contributed by atoms with Crippen molar-refractivity contribution >= 4 is 17.1 Å². The van der Waals surface area contributed by atoms with Gasteiger partial charge in [-0.1, -0.05) is 30.3 Å². The molecule has 0 aliphatic heterocycles. The second-order valence-corrected chi connectivity index (χ2v) is 6.76. The molecule has 0 saturated heterocycles. The quantitative estimate of drug-likeness (QED) is 0.732. The van der Waals surface area contributed by atoms with Crippen LogP contribution in [0.2, 0.25) is 0 Å².